The number of halogens is 1. The minimum Gasteiger partial charge on any atom is -0.508 e. The number of carbonyl (C=O) groups is 1. The van der Waals surface area contributed by atoms with E-state index in [0.29, 0.717) is 11.3 Å². The molecule has 0 aliphatic heterocycles. The minimum absolute atomic E-state index is 0.0463. The summed E-state index contributed by atoms with van der Waals surface area (Å²) in [6, 6.07) is 15.0. The molecule has 0 saturated heterocycles. The average Bonchev–Trinajstić information content (AvgIpc) is 2.71. The zero-order valence-corrected chi connectivity index (χ0v) is 15.6. The molecule has 0 atom stereocenters. The van der Waals surface area contributed by atoms with Gasteiger partial charge in [0.05, 0.1) is 5.71 Å². The lowest BCUT2D eigenvalue weighted by Gasteiger charge is -2.08. The van der Waals surface area contributed by atoms with E-state index in [2.05, 4.69) is 15.8 Å². The molecule has 152 valence electrons. The van der Waals surface area contributed by atoms with Crippen LogP contribution in [0.3, 0.4) is 0 Å². The molecular weight excluding hydrogens is 389 g/mol. The van der Waals surface area contributed by atoms with Gasteiger partial charge in [-0.3, -0.25) is 0 Å². The van der Waals surface area contributed by atoms with Crippen LogP contribution in [0.2, 0.25) is 0 Å². The first-order valence-corrected chi connectivity index (χ1v) is 8.81. The molecule has 0 radical (unpaired) electrons. The Balaban J connectivity index is 1.85. The predicted octanol–water partition coefficient (Wildman–Crippen LogP) is 4.18. The van der Waals surface area contributed by atoms with E-state index in [1.54, 1.807) is 24.3 Å². The van der Waals surface area contributed by atoms with Crippen LogP contribution in [0.4, 0.5) is 14.9 Å². The lowest BCUT2D eigenvalue weighted by molar-refractivity contribution is 0.252. The number of hydrogen-bond donors (Lipinski definition) is 5. The monoisotopic (exact) mass is 407 g/mol. The maximum Gasteiger partial charge on any atom is 0.339 e. The van der Waals surface area contributed by atoms with Crippen LogP contribution < -0.4 is 10.7 Å². The third-order valence-electron chi connectivity index (χ3n) is 3.99. The summed E-state index contributed by atoms with van der Waals surface area (Å²) in [5, 5.41) is 36.1. The van der Waals surface area contributed by atoms with Crippen molar-refractivity contribution < 1.29 is 24.5 Å². The van der Waals surface area contributed by atoms with Gasteiger partial charge in [0.25, 0.3) is 0 Å². The summed E-state index contributed by atoms with van der Waals surface area (Å²) < 4.78 is 13.0. The number of urea groups is 1. The van der Waals surface area contributed by atoms with Gasteiger partial charge in [-0.2, -0.15) is 5.10 Å². The highest BCUT2D eigenvalue weighted by Gasteiger charge is 2.09. The number of allylic oxidation sites excluding steroid dienone is 1. The highest BCUT2D eigenvalue weighted by atomic mass is 19.1. The number of hydrazone groups is 1. The van der Waals surface area contributed by atoms with Crippen LogP contribution in [0.1, 0.15) is 11.1 Å². The van der Waals surface area contributed by atoms with Crippen LogP contribution in [0, 0.1) is 5.82 Å². The van der Waals surface area contributed by atoms with Gasteiger partial charge in [-0.15, -0.1) is 0 Å². The van der Waals surface area contributed by atoms with Gasteiger partial charge in [0.1, 0.15) is 23.1 Å². The fourth-order valence-corrected chi connectivity index (χ4v) is 2.52. The van der Waals surface area contributed by atoms with E-state index in [-0.39, 0.29) is 28.5 Å². The van der Waals surface area contributed by atoms with E-state index in [1.807, 2.05) is 0 Å². The first-order valence-electron chi connectivity index (χ1n) is 8.81. The Bertz CT molecular complexity index is 1110. The highest BCUT2D eigenvalue weighted by Crippen LogP contribution is 2.24. The first kappa shape index (κ1) is 20.4. The molecule has 3 aromatic rings. The molecule has 2 amide bonds. The van der Waals surface area contributed by atoms with Crippen LogP contribution in [-0.4, -0.2) is 27.1 Å². The molecule has 0 aliphatic carbocycles. The van der Waals surface area contributed by atoms with Crippen LogP contribution >= 0.6 is 0 Å². The highest BCUT2D eigenvalue weighted by molar-refractivity contribution is 6.13. The number of anilines is 1. The van der Waals surface area contributed by atoms with E-state index in [9.17, 15) is 24.5 Å². The van der Waals surface area contributed by atoms with Gasteiger partial charge in [0, 0.05) is 22.9 Å². The minimum atomic E-state index is -0.687. The summed E-state index contributed by atoms with van der Waals surface area (Å²) >= 11 is 0. The molecule has 0 bridgehead atoms. The zero-order valence-electron chi connectivity index (χ0n) is 15.6. The number of phenolic OH excluding ortho intramolecular Hbond substituents is 3. The number of hydrogen-bond acceptors (Lipinski definition) is 5. The quantitative estimate of drug-likeness (QED) is 0.322. The predicted molar refractivity (Wildman–Crippen MR) is 112 cm³/mol. The van der Waals surface area contributed by atoms with Crippen LogP contribution in [0.25, 0.3) is 6.08 Å². The smallest absolute Gasteiger partial charge is 0.339 e. The van der Waals surface area contributed by atoms with Crippen LogP contribution in [0.15, 0.2) is 77.9 Å². The Kier molecular flexibility index (Phi) is 6.29. The lowest BCUT2D eigenvalue weighted by atomic mass is 10.1. The van der Waals surface area contributed by atoms with Crippen molar-refractivity contribution in [2.75, 3.05) is 5.32 Å². The van der Waals surface area contributed by atoms with Gasteiger partial charge < -0.3 is 20.6 Å². The number of rotatable bonds is 5. The topological polar surface area (TPSA) is 114 Å². The Morgan fingerprint density at radius 2 is 1.67 bits per heavy atom. The molecule has 0 fully saturated rings. The molecule has 3 rings (SSSR count). The molecular formula is C22H18FN3O4. The second-order valence-corrected chi connectivity index (χ2v) is 6.16. The molecule has 5 N–H and O–H groups in total. The fraction of sp³-hybridized carbons (Fsp3) is 0. The maximum absolute atomic E-state index is 13.0. The summed E-state index contributed by atoms with van der Waals surface area (Å²) in [7, 11) is 0. The van der Waals surface area contributed by atoms with Crippen molar-refractivity contribution >= 4 is 23.5 Å². The molecule has 0 unspecified atom stereocenters. The zero-order chi connectivity index (χ0) is 21.5. The summed E-state index contributed by atoms with van der Waals surface area (Å²) in [5.74, 6) is -0.776. The number of para-hydroxylation sites is 1. The molecule has 0 saturated carbocycles. The molecule has 0 heterocycles. The van der Waals surface area contributed by atoms with Crippen molar-refractivity contribution in [1.29, 1.82) is 0 Å². The van der Waals surface area contributed by atoms with Crippen molar-refractivity contribution in [3.05, 3.63) is 89.8 Å². The van der Waals surface area contributed by atoms with Gasteiger partial charge in [-0.05, 0) is 54.6 Å². The third kappa shape index (κ3) is 5.35. The Hall–Kier alpha value is -4.33. The van der Waals surface area contributed by atoms with Crippen molar-refractivity contribution in [3.8, 4) is 17.2 Å². The number of nitrogens with zero attached hydrogens (tertiary/aromatic N) is 1. The number of phenols is 3. The number of amides is 2. The number of carbonyl (C=O) groups excluding carboxylic acids is 1. The largest absolute Gasteiger partial charge is 0.508 e. The fourth-order valence-electron chi connectivity index (χ4n) is 2.52. The summed E-state index contributed by atoms with van der Waals surface area (Å²) in [5.41, 5.74) is 3.55. The second kappa shape index (κ2) is 9.24. The van der Waals surface area contributed by atoms with E-state index in [0.717, 1.165) is 6.07 Å². The molecule has 3 aromatic carbocycles. The SMILES string of the molecule is O=C(N/N=C(\C=C\c1ccccc1O)c1ccc(O)cc1O)Nc1ccc(F)cc1. The van der Waals surface area contributed by atoms with E-state index in [1.165, 1.54) is 48.5 Å². The van der Waals surface area contributed by atoms with Crippen LogP contribution in [-0.2, 0) is 0 Å². The Labute approximate surface area is 171 Å². The standard InChI is InChI=1S/C22H18FN3O4/c23-15-6-8-16(9-7-15)24-22(30)26-25-19(18-11-10-17(27)13-21(18)29)12-5-14-3-1-2-4-20(14)28/h1-13,27-29H,(H2,24,26,30)/b12-5+,25-19+. The van der Waals surface area contributed by atoms with Gasteiger partial charge in [0.2, 0.25) is 0 Å². The molecule has 0 spiro atoms. The lowest BCUT2D eigenvalue weighted by Crippen LogP contribution is -2.25. The van der Waals surface area contributed by atoms with Gasteiger partial charge in [0.15, 0.2) is 0 Å². The maximum atomic E-state index is 13.0. The Morgan fingerprint density at radius 1 is 0.933 bits per heavy atom. The van der Waals surface area contributed by atoms with Gasteiger partial charge in [-0.1, -0.05) is 18.2 Å². The normalized spacial score (nSPS) is 11.4. The van der Waals surface area contributed by atoms with E-state index in [4.69, 9.17) is 0 Å². The average molecular weight is 407 g/mol. The third-order valence-corrected chi connectivity index (χ3v) is 3.99. The summed E-state index contributed by atoms with van der Waals surface area (Å²) in [6.07, 6.45) is 3.04. The Morgan fingerprint density at radius 3 is 2.37 bits per heavy atom. The summed E-state index contributed by atoms with van der Waals surface area (Å²) in [6.45, 7) is 0. The number of benzene rings is 3. The van der Waals surface area contributed by atoms with Crippen molar-refractivity contribution in [2.45, 2.75) is 0 Å². The molecule has 7 nitrogen and oxygen atoms in total. The molecule has 8 heteroatoms. The van der Waals surface area contributed by atoms with Crippen molar-refractivity contribution in [2.24, 2.45) is 5.10 Å². The van der Waals surface area contributed by atoms with Crippen LogP contribution in [0.5, 0.6) is 17.2 Å². The summed E-state index contributed by atoms with van der Waals surface area (Å²) in [4.78, 5) is 12.1. The first-order chi connectivity index (χ1) is 14.4. The number of aromatic hydroxyl groups is 3. The second-order valence-electron chi connectivity index (χ2n) is 6.16. The number of nitrogens with one attached hydrogen (secondary N) is 2. The van der Waals surface area contributed by atoms with Gasteiger partial charge >= 0.3 is 6.03 Å². The van der Waals surface area contributed by atoms with E-state index >= 15 is 0 Å². The van der Waals surface area contributed by atoms with Gasteiger partial charge in [-0.25, -0.2) is 14.6 Å². The van der Waals surface area contributed by atoms with Crippen molar-refractivity contribution in [3.63, 3.8) is 0 Å². The molecule has 30 heavy (non-hydrogen) atoms. The molecule has 0 aromatic heterocycles. The molecule has 0 aliphatic rings. The van der Waals surface area contributed by atoms with E-state index < -0.39 is 11.8 Å². The van der Waals surface area contributed by atoms with Crippen molar-refractivity contribution in [1.82, 2.24) is 5.43 Å².